The molecule has 3 aliphatic rings. The molecule has 1 unspecified atom stereocenters. The smallest absolute Gasteiger partial charge is 0.417 e. The lowest BCUT2D eigenvalue weighted by atomic mass is 9.91. The third-order valence-corrected chi connectivity index (χ3v) is 4.67. The van der Waals surface area contributed by atoms with E-state index in [0.717, 1.165) is 24.8 Å². The highest BCUT2D eigenvalue weighted by Gasteiger charge is 2.58. The monoisotopic (exact) mass is 291 g/mol. The molecule has 0 bridgehead atoms. The number of aldehydes is 1. The van der Waals surface area contributed by atoms with Crippen molar-refractivity contribution in [1.29, 1.82) is 0 Å². The van der Waals surface area contributed by atoms with Crippen LogP contribution in [0.3, 0.4) is 0 Å². The van der Waals surface area contributed by atoms with Gasteiger partial charge in [0.15, 0.2) is 0 Å². The van der Waals surface area contributed by atoms with E-state index in [0.29, 0.717) is 12.2 Å². The SMILES string of the molecule is CC(C)(C)OC(=O)N1C(=O)C(C=O)[C@H]2C[C@@H]3CCC=C3[C@H]21. The Labute approximate surface area is 124 Å². The number of amides is 2. The molecule has 1 saturated carbocycles. The van der Waals surface area contributed by atoms with E-state index in [1.165, 1.54) is 4.90 Å². The first-order valence-corrected chi connectivity index (χ1v) is 7.55. The highest BCUT2D eigenvalue weighted by molar-refractivity contribution is 6.03. The van der Waals surface area contributed by atoms with Gasteiger partial charge in [-0.05, 0) is 51.5 Å². The summed E-state index contributed by atoms with van der Waals surface area (Å²) < 4.78 is 5.36. The average Bonchev–Trinajstić information content (AvgIpc) is 2.96. The molecule has 5 nitrogen and oxygen atoms in total. The summed E-state index contributed by atoms with van der Waals surface area (Å²) in [5, 5.41) is 0. The van der Waals surface area contributed by atoms with E-state index in [-0.39, 0.29) is 12.0 Å². The Kier molecular flexibility index (Phi) is 3.19. The van der Waals surface area contributed by atoms with Crippen LogP contribution in [-0.4, -0.2) is 34.8 Å². The third-order valence-electron chi connectivity index (χ3n) is 4.67. The number of imide groups is 1. The zero-order valence-corrected chi connectivity index (χ0v) is 12.7. The number of nitrogens with zero attached hydrogens (tertiary/aromatic N) is 1. The Hall–Kier alpha value is -1.65. The summed E-state index contributed by atoms with van der Waals surface area (Å²) in [7, 11) is 0. The minimum absolute atomic E-state index is 0.0703. The number of allylic oxidation sites excluding steroid dienone is 1. The maximum absolute atomic E-state index is 12.4. The lowest BCUT2D eigenvalue weighted by Crippen LogP contribution is -2.43. The molecule has 5 heteroatoms. The van der Waals surface area contributed by atoms with Crippen molar-refractivity contribution in [2.45, 2.75) is 51.7 Å². The molecule has 0 spiro atoms. The van der Waals surface area contributed by atoms with Crippen LogP contribution in [0, 0.1) is 17.8 Å². The van der Waals surface area contributed by atoms with Gasteiger partial charge in [-0.15, -0.1) is 0 Å². The van der Waals surface area contributed by atoms with E-state index in [1.54, 1.807) is 20.8 Å². The maximum Gasteiger partial charge on any atom is 0.417 e. The second-order valence-corrected chi connectivity index (χ2v) is 7.17. The van der Waals surface area contributed by atoms with E-state index >= 15 is 0 Å². The van der Waals surface area contributed by atoms with Gasteiger partial charge in [0, 0.05) is 5.92 Å². The molecular formula is C16H21NO4. The lowest BCUT2D eigenvalue weighted by molar-refractivity contribution is -0.133. The summed E-state index contributed by atoms with van der Waals surface area (Å²) in [6.45, 7) is 5.31. The highest BCUT2D eigenvalue weighted by atomic mass is 16.6. The second-order valence-electron chi connectivity index (χ2n) is 7.17. The molecule has 0 aromatic carbocycles. The van der Waals surface area contributed by atoms with E-state index < -0.39 is 23.5 Å². The molecular weight excluding hydrogens is 270 g/mol. The Balaban J connectivity index is 1.93. The number of fused-ring (bicyclic) bond motifs is 3. The van der Waals surface area contributed by atoms with Gasteiger partial charge in [0.1, 0.15) is 11.9 Å². The number of rotatable bonds is 1. The summed E-state index contributed by atoms with van der Waals surface area (Å²) in [5.74, 6) is -0.755. The number of likely N-dealkylation sites (tertiary alicyclic amines) is 1. The van der Waals surface area contributed by atoms with Crippen LogP contribution in [0.15, 0.2) is 11.6 Å². The summed E-state index contributed by atoms with van der Waals surface area (Å²) in [6.07, 6.45) is 5.08. The molecule has 1 saturated heterocycles. The second kappa shape index (κ2) is 4.68. The van der Waals surface area contributed by atoms with Crippen LogP contribution in [0.5, 0.6) is 0 Å². The molecule has 114 valence electrons. The minimum atomic E-state index is -0.700. The van der Waals surface area contributed by atoms with Crippen molar-refractivity contribution in [1.82, 2.24) is 4.90 Å². The molecule has 2 amide bonds. The predicted molar refractivity (Wildman–Crippen MR) is 75.3 cm³/mol. The van der Waals surface area contributed by atoms with Crippen molar-refractivity contribution in [3.8, 4) is 0 Å². The molecule has 3 rings (SSSR count). The minimum Gasteiger partial charge on any atom is -0.443 e. The Morgan fingerprint density at radius 1 is 1.43 bits per heavy atom. The molecule has 0 N–H and O–H groups in total. The van der Waals surface area contributed by atoms with Gasteiger partial charge < -0.3 is 9.53 Å². The van der Waals surface area contributed by atoms with Crippen LogP contribution < -0.4 is 0 Å². The van der Waals surface area contributed by atoms with Crippen molar-refractivity contribution in [2.75, 3.05) is 0 Å². The zero-order valence-electron chi connectivity index (χ0n) is 12.7. The topological polar surface area (TPSA) is 63.7 Å². The van der Waals surface area contributed by atoms with E-state index in [1.807, 2.05) is 0 Å². The van der Waals surface area contributed by atoms with E-state index in [4.69, 9.17) is 4.74 Å². The van der Waals surface area contributed by atoms with Crippen LogP contribution in [0.4, 0.5) is 4.79 Å². The number of carbonyl (C=O) groups excluding carboxylic acids is 3. The fraction of sp³-hybridized carbons (Fsp3) is 0.688. The number of hydrogen-bond acceptors (Lipinski definition) is 4. The molecule has 0 aromatic rings. The Morgan fingerprint density at radius 2 is 2.14 bits per heavy atom. The van der Waals surface area contributed by atoms with Crippen molar-refractivity contribution in [2.24, 2.45) is 17.8 Å². The van der Waals surface area contributed by atoms with Crippen molar-refractivity contribution in [3.05, 3.63) is 11.6 Å². The molecule has 0 aromatic heterocycles. The summed E-state index contributed by atoms with van der Waals surface area (Å²) in [6, 6.07) is -0.268. The van der Waals surface area contributed by atoms with Gasteiger partial charge in [0.05, 0.1) is 12.0 Å². The summed E-state index contributed by atoms with van der Waals surface area (Å²) in [4.78, 5) is 37.4. The first kappa shape index (κ1) is 14.3. The summed E-state index contributed by atoms with van der Waals surface area (Å²) >= 11 is 0. The third kappa shape index (κ3) is 2.19. The van der Waals surface area contributed by atoms with Crippen LogP contribution >= 0.6 is 0 Å². The van der Waals surface area contributed by atoms with E-state index in [9.17, 15) is 14.4 Å². The Bertz CT molecular complexity index is 531. The summed E-state index contributed by atoms with van der Waals surface area (Å²) in [5.41, 5.74) is 0.498. The van der Waals surface area contributed by atoms with Gasteiger partial charge in [-0.25, -0.2) is 9.69 Å². The first-order valence-electron chi connectivity index (χ1n) is 7.55. The fourth-order valence-corrected chi connectivity index (χ4v) is 3.94. The molecule has 1 heterocycles. The van der Waals surface area contributed by atoms with Gasteiger partial charge >= 0.3 is 6.09 Å². The van der Waals surface area contributed by atoms with Crippen molar-refractivity contribution < 1.29 is 19.1 Å². The molecule has 4 atom stereocenters. The normalized spacial score (nSPS) is 34.5. The highest BCUT2D eigenvalue weighted by Crippen LogP contribution is 2.51. The quantitative estimate of drug-likeness (QED) is 0.422. The number of carbonyl (C=O) groups is 3. The van der Waals surface area contributed by atoms with Crippen LogP contribution in [0.2, 0.25) is 0 Å². The first-order chi connectivity index (χ1) is 9.83. The van der Waals surface area contributed by atoms with Gasteiger partial charge in [-0.3, -0.25) is 4.79 Å². The molecule has 21 heavy (non-hydrogen) atoms. The maximum atomic E-state index is 12.4. The van der Waals surface area contributed by atoms with Crippen LogP contribution in [0.1, 0.15) is 40.0 Å². The van der Waals surface area contributed by atoms with Gasteiger partial charge in [-0.1, -0.05) is 6.08 Å². The largest absolute Gasteiger partial charge is 0.443 e. The molecule has 0 radical (unpaired) electrons. The molecule has 1 aliphatic heterocycles. The fourth-order valence-electron chi connectivity index (χ4n) is 3.94. The van der Waals surface area contributed by atoms with Crippen molar-refractivity contribution in [3.63, 3.8) is 0 Å². The lowest BCUT2D eigenvalue weighted by Gasteiger charge is -2.27. The van der Waals surface area contributed by atoms with E-state index in [2.05, 4.69) is 6.08 Å². The van der Waals surface area contributed by atoms with Gasteiger partial charge in [0.25, 0.3) is 0 Å². The van der Waals surface area contributed by atoms with Crippen LogP contribution in [0.25, 0.3) is 0 Å². The van der Waals surface area contributed by atoms with Gasteiger partial charge in [0.2, 0.25) is 5.91 Å². The molecule has 2 aliphatic carbocycles. The Morgan fingerprint density at radius 3 is 2.76 bits per heavy atom. The average molecular weight is 291 g/mol. The van der Waals surface area contributed by atoms with Crippen LogP contribution in [-0.2, 0) is 14.3 Å². The van der Waals surface area contributed by atoms with Crippen molar-refractivity contribution >= 4 is 18.3 Å². The number of hydrogen-bond donors (Lipinski definition) is 0. The predicted octanol–water partition coefficient (Wildman–Crippen LogP) is 2.30. The standard InChI is InChI=1S/C16H21NO4/c1-16(2,3)21-15(20)17-13-10-6-4-5-9(10)7-11(13)12(8-18)14(17)19/h6,8-9,11-13H,4-5,7H2,1-3H3/t9-,11+,12?,13+/m0/s1. The van der Waals surface area contributed by atoms with Gasteiger partial charge in [-0.2, -0.15) is 0 Å². The molecule has 2 fully saturated rings. The number of ether oxygens (including phenoxy) is 1. The zero-order chi connectivity index (χ0) is 15.4.